The molecule has 0 amide bonds. The first-order chi connectivity index (χ1) is 8.18. The van der Waals surface area contributed by atoms with E-state index >= 15 is 0 Å². The summed E-state index contributed by atoms with van der Waals surface area (Å²) in [4.78, 5) is 0. The highest BCUT2D eigenvalue weighted by Gasteiger charge is 2.03. The lowest BCUT2D eigenvalue weighted by Gasteiger charge is -2.13. The zero-order valence-electron chi connectivity index (χ0n) is 11.5. The third-order valence-electron chi connectivity index (χ3n) is 3.10. The molecule has 0 saturated heterocycles. The molecule has 0 radical (unpaired) electrons. The van der Waals surface area contributed by atoms with E-state index in [1.807, 2.05) is 6.07 Å². The lowest BCUT2D eigenvalue weighted by atomic mass is 10.1. The highest BCUT2D eigenvalue weighted by molar-refractivity contribution is 4.98. The van der Waals surface area contributed by atoms with Gasteiger partial charge in [0.1, 0.15) is 5.76 Å². The molecule has 0 aliphatic rings. The third kappa shape index (κ3) is 7.22. The van der Waals surface area contributed by atoms with Gasteiger partial charge in [0.15, 0.2) is 0 Å². The minimum atomic E-state index is 0.583. The normalized spacial score (nSPS) is 13.2. The molecule has 0 aliphatic heterocycles. The molecule has 0 aromatic carbocycles. The van der Waals surface area contributed by atoms with Gasteiger partial charge in [-0.2, -0.15) is 0 Å². The van der Waals surface area contributed by atoms with Crippen molar-refractivity contribution in [3.8, 4) is 0 Å². The van der Waals surface area contributed by atoms with Crippen molar-refractivity contribution in [2.75, 3.05) is 6.54 Å². The predicted molar refractivity (Wildman–Crippen MR) is 73.2 cm³/mol. The van der Waals surface area contributed by atoms with Crippen LogP contribution in [0.5, 0.6) is 0 Å². The van der Waals surface area contributed by atoms with Gasteiger partial charge >= 0.3 is 0 Å². The molecule has 1 rings (SSSR count). The van der Waals surface area contributed by atoms with E-state index in [2.05, 4.69) is 32.2 Å². The fraction of sp³-hybridized carbons (Fsp3) is 0.733. The molecule has 2 heteroatoms. The number of unbranched alkanes of at least 4 members (excludes halogenated alkanes) is 1. The van der Waals surface area contributed by atoms with Gasteiger partial charge in [0, 0.05) is 12.5 Å². The Hall–Kier alpha value is -0.760. The first-order valence-corrected chi connectivity index (χ1v) is 6.94. The van der Waals surface area contributed by atoms with Gasteiger partial charge in [-0.05, 0) is 44.4 Å². The number of nitrogens with one attached hydrogen (secondary N) is 1. The summed E-state index contributed by atoms with van der Waals surface area (Å²) in [5.74, 6) is 1.94. The standard InChI is InChI=1S/C15H27NO/c1-13(2)7-4-5-11-16-14(3)9-10-15-8-6-12-17-15/h6,8,12-14,16H,4-5,7,9-11H2,1-3H3. The maximum atomic E-state index is 5.33. The third-order valence-corrected chi connectivity index (χ3v) is 3.10. The zero-order valence-corrected chi connectivity index (χ0v) is 11.5. The Labute approximate surface area is 106 Å². The van der Waals surface area contributed by atoms with Gasteiger partial charge < -0.3 is 9.73 Å². The molecule has 1 unspecified atom stereocenters. The van der Waals surface area contributed by atoms with E-state index in [-0.39, 0.29) is 0 Å². The molecule has 0 fully saturated rings. The molecule has 1 N–H and O–H groups in total. The molecular formula is C15H27NO. The Balaban J connectivity index is 1.96. The van der Waals surface area contributed by atoms with E-state index in [9.17, 15) is 0 Å². The van der Waals surface area contributed by atoms with Crippen molar-refractivity contribution in [3.63, 3.8) is 0 Å². The van der Waals surface area contributed by atoms with Crippen LogP contribution in [0.2, 0.25) is 0 Å². The fourth-order valence-electron chi connectivity index (χ4n) is 1.94. The van der Waals surface area contributed by atoms with Crippen molar-refractivity contribution >= 4 is 0 Å². The number of furan rings is 1. The van der Waals surface area contributed by atoms with Crippen molar-refractivity contribution in [1.82, 2.24) is 5.32 Å². The smallest absolute Gasteiger partial charge is 0.103 e. The van der Waals surface area contributed by atoms with Crippen molar-refractivity contribution < 1.29 is 4.42 Å². The molecule has 1 atom stereocenters. The summed E-state index contributed by atoms with van der Waals surface area (Å²) in [6, 6.07) is 4.59. The number of rotatable bonds is 9. The van der Waals surface area contributed by atoms with E-state index in [1.54, 1.807) is 6.26 Å². The van der Waals surface area contributed by atoms with Crippen LogP contribution >= 0.6 is 0 Å². The molecule has 98 valence electrons. The van der Waals surface area contributed by atoms with Crippen LogP contribution in [0.15, 0.2) is 22.8 Å². The maximum Gasteiger partial charge on any atom is 0.103 e. The molecule has 0 saturated carbocycles. The second-order valence-corrected chi connectivity index (χ2v) is 5.36. The van der Waals surface area contributed by atoms with Crippen molar-refractivity contribution in [1.29, 1.82) is 0 Å². The molecule has 1 aromatic heterocycles. The van der Waals surface area contributed by atoms with Gasteiger partial charge in [-0.3, -0.25) is 0 Å². The molecule has 17 heavy (non-hydrogen) atoms. The topological polar surface area (TPSA) is 25.2 Å². The monoisotopic (exact) mass is 237 g/mol. The summed E-state index contributed by atoms with van der Waals surface area (Å²) in [6.45, 7) is 7.98. The first kappa shape index (κ1) is 14.3. The molecule has 1 heterocycles. The summed E-state index contributed by atoms with van der Waals surface area (Å²) >= 11 is 0. The highest BCUT2D eigenvalue weighted by atomic mass is 16.3. The van der Waals surface area contributed by atoms with E-state index < -0.39 is 0 Å². The summed E-state index contributed by atoms with van der Waals surface area (Å²) in [7, 11) is 0. The maximum absolute atomic E-state index is 5.33. The molecule has 2 nitrogen and oxygen atoms in total. The Morgan fingerprint density at radius 1 is 1.18 bits per heavy atom. The summed E-state index contributed by atoms with van der Waals surface area (Å²) in [5, 5.41) is 3.58. The largest absolute Gasteiger partial charge is 0.469 e. The van der Waals surface area contributed by atoms with E-state index in [0.29, 0.717) is 6.04 Å². The van der Waals surface area contributed by atoms with Crippen molar-refractivity contribution in [2.24, 2.45) is 5.92 Å². The van der Waals surface area contributed by atoms with Gasteiger partial charge in [-0.15, -0.1) is 0 Å². The predicted octanol–water partition coefficient (Wildman–Crippen LogP) is 4.02. The molecule has 0 aliphatic carbocycles. The van der Waals surface area contributed by atoms with E-state index in [1.165, 1.54) is 19.3 Å². The zero-order chi connectivity index (χ0) is 12.5. The lowest BCUT2D eigenvalue weighted by Crippen LogP contribution is -2.27. The van der Waals surface area contributed by atoms with Crippen LogP contribution in [0.1, 0.15) is 52.2 Å². The summed E-state index contributed by atoms with van der Waals surface area (Å²) in [5.41, 5.74) is 0. The first-order valence-electron chi connectivity index (χ1n) is 6.94. The van der Waals surface area contributed by atoms with Crippen LogP contribution in [-0.4, -0.2) is 12.6 Å². The molecule has 0 bridgehead atoms. The summed E-state index contributed by atoms with van der Waals surface area (Å²) < 4.78 is 5.33. The van der Waals surface area contributed by atoms with E-state index in [0.717, 1.165) is 31.1 Å². The number of hydrogen-bond donors (Lipinski definition) is 1. The van der Waals surface area contributed by atoms with Crippen LogP contribution in [-0.2, 0) is 6.42 Å². The van der Waals surface area contributed by atoms with Crippen LogP contribution < -0.4 is 5.32 Å². The second-order valence-electron chi connectivity index (χ2n) is 5.36. The van der Waals surface area contributed by atoms with Crippen LogP contribution in [0.25, 0.3) is 0 Å². The Bertz CT molecular complexity index is 266. The minimum absolute atomic E-state index is 0.583. The quantitative estimate of drug-likeness (QED) is 0.656. The average Bonchev–Trinajstić information content (AvgIpc) is 2.78. The van der Waals surface area contributed by atoms with Gasteiger partial charge in [-0.1, -0.05) is 26.7 Å². The Morgan fingerprint density at radius 3 is 2.65 bits per heavy atom. The van der Waals surface area contributed by atoms with E-state index in [4.69, 9.17) is 4.42 Å². The van der Waals surface area contributed by atoms with Crippen molar-refractivity contribution in [2.45, 2.75) is 58.9 Å². The number of aryl methyl sites for hydroxylation is 1. The molecule has 0 spiro atoms. The van der Waals surface area contributed by atoms with Crippen LogP contribution in [0, 0.1) is 5.92 Å². The summed E-state index contributed by atoms with van der Waals surface area (Å²) in [6.07, 6.45) is 7.92. The van der Waals surface area contributed by atoms with Crippen molar-refractivity contribution in [3.05, 3.63) is 24.2 Å². The number of hydrogen-bond acceptors (Lipinski definition) is 2. The lowest BCUT2D eigenvalue weighted by molar-refractivity contribution is 0.448. The Kier molecular flexibility index (Phi) is 7.02. The second kappa shape index (κ2) is 8.35. The van der Waals surface area contributed by atoms with Crippen LogP contribution in [0.3, 0.4) is 0 Å². The van der Waals surface area contributed by atoms with Gasteiger partial charge in [-0.25, -0.2) is 0 Å². The fourth-order valence-corrected chi connectivity index (χ4v) is 1.94. The molecular weight excluding hydrogens is 210 g/mol. The molecule has 1 aromatic rings. The van der Waals surface area contributed by atoms with Gasteiger partial charge in [0.25, 0.3) is 0 Å². The average molecular weight is 237 g/mol. The van der Waals surface area contributed by atoms with Gasteiger partial charge in [0.2, 0.25) is 0 Å². The SMILES string of the molecule is CC(C)CCCCNC(C)CCc1ccco1. The Morgan fingerprint density at radius 2 is 2.00 bits per heavy atom. The van der Waals surface area contributed by atoms with Crippen LogP contribution in [0.4, 0.5) is 0 Å². The highest BCUT2D eigenvalue weighted by Crippen LogP contribution is 2.07. The minimum Gasteiger partial charge on any atom is -0.469 e. The van der Waals surface area contributed by atoms with Gasteiger partial charge in [0.05, 0.1) is 6.26 Å².